The summed E-state index contributed by atoms with van der Waals surface area (Å²) in [6.07, 6.45) is 1.40. The Morgan fingerprint density at radius 1 is 1.53 bits per heavy atom. The van der Waals surface area contributed by atoms with Crippen molar-refractivity contribution in [2.45, 2.75) is 44.7 Å². The van der Waals surface area contributed by atoms with Gasteiger partial charge in [0, 0.05) is 32.0 Å². The summed E-state index contributed by atoms with van der Waals surface area (Å²) in [6.45, 7) is 2.99. The van der Waals surface area contributed by atoms with Crippen LogP contribution in [0.3, 0.4) is 0 Å². The lowest BCUT2D eigenvalue weighted by Gasteiger charge is -2.23. The zero-order valence-electron chi connectivity index (χ0n) is 11.1. The maximum Gasteiger partial charge on any atom is 0.303 e. The van der Waals surface area contributed by atoms with E-state index in [2.05, 4.69) is 5.32 Å². The average molecular weight is 271 g/mol. The molecule has 2 amide bonds. The number of rotatable bonds is 7. The Bertz CT molecular complexity index is 359. The number of carboxylic acid groups (broad SMARTS) is 1. The van der Waals surface area contributed by atoms with Crippen molar-refractivity contribution in [3.63, 3.8) is 0 Å². The first kappa shape index (κ1) is 15.4. The predicted octanol–water partition coefficient (Wildman–Crippen LogP) is -0.694. The van der Waals surface area contributed by atoms with E-state index in [0.717, 1.165) is 13.0 Å². The number of amides is 2. The molecule has 1 aliphatic rings. The molecule has 1 aliphatic heterocycles. The van der Waals surface area contributed by atoms with Crippen molar-refractivity contribution in [1.82, 2.24) is 10.2 Å². The second-order valence-electron chi connectivity index (χ2n) is 4.89. The van der Waals surface area contributed by atoms with Gasteiger partial charge in [0.25, 0.3) is 0 Å². The summed E-state index contributed by atoms with van der Waals surface area (Å²) in [5.41, 5.74) is 5.59. The van der Waals surface area contributed by atoms with Gasteiger partial charge in [-0.15, -0.1) is 0 Å². The highest BCUT2D eigenvalue weighted by Crippen LogP contribution is 2.09. The molecule has 4 N–H and O–H groups in total. The van der Waals surface area contributed by atoms with Crippen LogP contribution in [-0.4, -0.2) is 53.0 Å². The van der Waals surface area contributed by atoms with Crippen LogP contribution in [0, 0.1) is 0 Å². The maximum absolute atomic E-state index is 11.7. The summed E-state index contributed by atoms with van der Waals surface area (Å²) in [5.74, 6) is -1.24. The van der Waals surface area contributed by atoms with Gasteiger partial charge >= 0.3 is 5.97 Å². The second-order valence-corrected chi connectivity index (χ2v) is 4.89. The minimum absolute atomic E-state index is 0.108. The van der Waals surface area contributed by atoms with E-state index in [1.807, 2.05) is 0 Å². The Balaban J connectivity index is 2.30. The van der Waals surface area contributed by atoms with Crippen LogP contribution in [0.15, 0.2) is 0 Å². The molecule has 0 aromatic carbocycles. The highest BCUT2D eigenvalue weighted by Gasteiger charge is 2.23. The molecule has 0 aromatic heterocycles. The molecule has 0 spiro atoms. The monoisotopic (exact) mass is 271 g/mol. The van der Waals surface area contributed by atoms with Crippen LogP contribution in [0.25, 0.3) is 0 Å². The van der Waals surface area contributed by atoms with Gasteiger partial charge in [-0.1, -0.05) is 0 Å². The third kappa shape index (κ3) is 5.25. The smallest absolute Gasteiger partial charge is 0.303 e. The topological polar surface area (TPSA) is 113 Å². The van der Waals surface area contributed by atoms with Gasteiger partial charge in [-0.05, 0) is 19.8 Å². The van der Waals surface area contributed by atoms with Gasteiger partial charge in [-0.3, -0.25) is 14.4 Å². The van der Waals surface area contributed by atoms with Crippen molar-refractivity contribution in [3.8, 4) is 0 Å². The third-order valence-electron chi connectivity index (χ3n) is 3.06. The van der Waals surface area contributed by atoms with Crippen LogP contribution in [0.5, 0.6) is 0 Å². The van der Waals surface area contributed by atoms with Crippen LogP contribution in [0.1, 0.15) is 32.6 Å². The second kappa shape index (κ2) is 7.08. The summed E-state index contributed by atoms with van der Waals surface area (Å²) >= 11 is 0. The Morgan fingerprint density at radius 3 is 2.74 bits per heavy atom. The van der Waals surface area contributed by atoms with Gasteiger partial charge < -0.3 is 21.1 Å². The minimum atomic E-state index is -0.973. The lowest BCUT2D eigenvalue weighted by atomic mass is 10.1. The van der Waals surface area contributed by atoms with E-state index in [9.17, 15) is 14.4 Å². The van der Waals surface area contributed by atoms with E-state index in [4.69, 9.17) is 10.8 Å². The number of carbonyl (C=O) groups excluding carboxylic acids is 2. The molecule has 19 heavy (non-hydrogen) atoms. The standard InChI is InChI=1S/C12H21N3O4/c1-8(7-15-6-2-3-10(15)16)14-12(19)9(13)4-5-11(17)18/h8-9H,2-7,13H2,1H3,(H,14,19)(H,17,18). The van der Waals surface area contributed by atoms with Gasteiger partial charge in [-0.25, -0.2) is 0 Å². The largest absolute Gasteiger partial charge is 0.481 e. The van der Waals surface area contributed by atoms with E-state index < -0.39 is 12.0 Å². The van der Waals surface area contributed by atoms with Gasteiger partial charge in [0.2, 0.25) is 11.8 Å². The molecular weight excluding hydrogens is 250 g/mol. The van der Waals surface area contributed by atoms with E-state index >= 15 is 0 Å². The number of nitrogens with zero attached hydrogens (tertiary/aromatic N) is 1. The first-order chi connectivity index (χ1) is 8.90. The molecule has 1 rings (SSSR count). The molecule has 1 heterocycles. The summed E-state index contributed by atoms with van der Waals surface area (Å²) in [5, 5.41) is 11.2. The lowest BCUT2D eigenvalue weighted by Crippen LogP contribution is -2.48. The zero-order chi connectivity index (χ0) is 14.4. The van der Waals surface area contributed by atoms with Crippen molar-refractivity contribution in [3.05, 3.63) is 0 Å². The molecule has 0 aromatic rings. The Kier molecular flexibility index (Phi) is 5.75. The minimum Gasteiger partial charge on any atom is -0.481 e. The van der Waals surface area contributed by atoms with Crippen molar-refractivity contribution < 1.29 is 19.5 Å². The summed E-state index contributed by atoms with van der Waals surface area (Å²) in [4.78, 5) is 35.2. The van der Waals surface area contributed by atoms with Crippen molar-refractivity contribution in [1.29, 1.82) is 0 Å². The molecule has 0 aliphatic carbocycles. The number of hydrogen-bond acceptors (Lipinski definition) is 4. The molecule has 0 saturated carbocycles. The van der Waals surface area contributed by atoms with Gasteiger partial charge in [0.15, 0.2) is 0 Å². The van der Waals surface area contributed by atoms with Crippen LogP contribution in [0.4, 0.5) is 0 Å². The number of carboxylic acids is 1. The fourth-order valence-corrected chi connectivity index (χ4v) is 2.03. The fourth-order valence-electron chi connectivity index (χ4n) is 2.03. The van der Waals surface area contributed by atoms with E-state index in [1.165, 1.54) is 0 Å². The van der Waals surface area contributed by atoms with Crippen LogP contribution < -0.4 is 11.1 Å². The first-order valence-corrected chi connectivity index (χ1v) is 6.45. The normalized spacial score (nSPS) is 18.2. The van der Waals surface area contributed by atoms with Crippen LogP contribution in [-0.2, 0) is 14.4 Å². The number of aliphatic carboxylic acids is 1. The molecule has 2 atom stereocenters. The molecule has 0 radical (unpaired) electrons. The molecular formula is C12H21N3O4. The zero-order valence-corrected chi connectivity index (χ0v) is 11.1. The number of nitrogens with one attached hydrogen (secondary N) is 1. The van der Waals surface area contributed by atoms with Crippen LogP contribution >= 0.6 is 0 Å². The first-order valence-electron chi connectivity index (χ1n) is 6.45. The average Bonchev–Trinajstić information content (AvgIpc) is 2.71. The van der Waals surface area contributed by atoms with Crippen molar-refractivity contribution in [2.75, 3.05) is 13.1 Å². The van der Waals surface area contributed by atoms with Gasteiger partial charge in [0.05, 0.1) is 6.04 Å². The molecule has 0 bridgehead atoms. The number of likely N-dealkylation sites (tertiary alicyclic amines) is 1. The van der Waals surface area contributed by atoms with Crippen molar-refractivity contribution >= 4 is 17.8 Å². The highest BCUT2D eigenvalue weighted by atomic mass is 16.4. The van der Waals surface area contributed by atoms with E-state index in [0.29, 0.717) is 13.0 Å². The number of nitrogens with two attached hydrogens (primary N) is 1. The Labute approximate surface area is 112 Å². The van der Waals surface area contributed by atoms with Crippen molar-refractivity contribution in [2.24, 2.45) is 5.73 Å². The molecule has 7 nitrogen and oxygen atoms in total. The third-order valence-corrected chi connectivity index (χ3v) is 3.06. The highest BCUT2D eigenvalue weighted by molar-refractivity contribution is 5.82. The number of carbonyl (C=O) groups is 3. The van der Waals surface area contributed by atoms with E-state index in [-0.39, 0.29) is 30.7 Å². The fraction of sp³-hybridized carbons (Fsp3) is 0.750. The van der Waals surface area contributed by atoms with Gasteiger partial charge in [-0.2, -0.15) is 0 Å². The summed E-state index contributed by atoms with van der Waals surface area (Å²) < 4.78 is 0. The quantitative estimate of drug-likeness (QED) is 0.567. The Hall–Kier alpha value is -1.63. The molecule has 1 fully saturated rings. The molecule has 7 heteroatoms. The molecule has 2 unspecified atom stereocenters. The summed E-state index contributed by atoms with van der Waals surface area (Å²) in [7, 11) is 0. The Morgan fingerprint density at radius 2 is 2.21 bits per heavy atom. The molecule has 108 valence electrons. The lowest BCUT2D eigenvalue weighted by molar-refractivity contribution is -0.137. The van der Waals surface area contributed by atoms with Gasteiger partial charge in [0.1, 0.15) is 0 Å². The maximum atomic E-state index is 11.7. The molecule has 1 saturated heterocycles. The number of hydrogen-bond donors (Lipinski definition) is 3. The SMILES string of the molecule is CC(CN1CCCC1=O)NC(=O)C(N)CCC(=O)O. The van der Waals surface area contributed by atoms with E-state index in [1.54, 1.807) is 11.8 Å². The van der Waals surface area contributed by atoms with Crippen LogP contribution in [0.2, 0.25) is 0 Å². The summed E-state index contributed by atoms with van der Waals surface area (Å²) in [6, 6.07) is -1.02. The predicted molar refractivity (Wildman–Crippen MR) is 68.3 cm³/mol.